The second kappa shape index (κ2) is 3.82. The summed E-state index contributed by atoms with van der Waals surface area (Å²) in [5.41, 5.74) is 2.24. The van der Waals surface area contributed by atoms with Crippen molar-refractivity contribution in [2.24, 2.45) is 0 Å². The molecule has 0 spiro atoms. The fourth-order valence-electron chi connectivity index (χ4n) is 1.06. The van der Waals surface area contributed by atoms with Gasteiger partial charge >= 0.3 is 0 Å². The van der Waals surface area contributed by atoms with Gasteiger partial charge in [0.05, 0.1) is 5.38 Å². The number of hydrogen-bond acceptors (Lipinski definition) is 1. The standard InChI is InChI=1S/C10H5BrClS/c11-10-6-13-5-9(10)7-1-3-8(12)4-2-7/h1-4,6H. The molecule has 0 bridgehead atoms. The van der Waals surface area contributed by atoms with Gasteiger partial charge in [-0.2, -0.15) is 0 Å². The molecule has 2 aromatic rings. The van der Waals surface area contributed by atoms with E-state index in [4.69, 9.17) is 11.6 Å². The maximum Gasteiger partial charge on any atom is 0.0539 e. The molecule has 0 saturated heterocycles. The largest absolute Gasteiger partial charge is 0.141 e. The molecule has 65 valence electrons. The molecule has 0 aliphatic heterocycles. The van der Waals surface area contributed by atoms with Crippen molar-refractivity contribution in [1.82, 2.24) is 0 Å². The molecule has 0 amide bonds. The second-order valence-electron chi connectivity index (χ2n) is 2.57. The maximum atomic E-state index is 5.79. The molecule has 1 heterocycles. The first-order valence-corrected chi connectivity index (χ1v) is 5.73. The van der Waals surface area contributed by atoms with E-state index >= 15 is 0 Å². The number of benzene rings is 1. The molecule has 0 aliphatic rings. The molecule has 1 radical (unpaired) electrons. The van der Waals surface area contributed by atoms with E-state index < -0.39 is 0 Å². The molecule has 0 atom stereocenters. The van der Waals surface area contributed by atoms with Crippen LogP contribution in [-0.4, -0.2) is 0 Å². The zero-order chi connectivity index (χ0) is 9.26. The molecule has 2 rings (SSSR count). The summed E-state index contributed by atoms with van der Waals surface area (Å²) < 4.78 is 1.08. The normalized spacial score (nSPS) is 10.3. The highest BCUT2D eigenvalue weighted by molar-refractivity contribution is 9.10. The molecule has 0 unspecified atom stereocenters. The maximum absolute atomic E-state index is 5.79. The summed E-state index contributed by atoms with van der Waals surface area (Å²) in [6.45, 7) is 0. The Morgan fingerprint density at radius 3 is 2.46 bits per heavy atom. The van der Waals surface area contributed by atoms with Gasteiger partial charge < -0.3 is 0 Å². The lowest BCUT2D eigenvalue weighted by molar-refractivity contribution is 1.65. The van der Waals surface area contributed by atoms with Crippen molar-refractivity contribution in [3.8, 4) is 11.1 Å². The molecule has 1 aromatic heterocycles. The van der Waals surface area contributed by atoms with Crippen LogP contribution in [0, 0.1) is 5.38 Å². The number of halogens is 2. The summed E-state index contributed by atoms with van der Waals surface area (Å²) in [6.07, 6.45) is 0. The molecule has 1 aromatic carbocycles. The average molecular weight is 273 g/mol. The smallest absolute Gasteiger partial charge is 0.0539 e. The Morgan fingerprint density at radius 1 is 1.23 bits per heavy atom. The summed E-state index contributed by atoms with van der Waals surface area (Å²) in [7, 11) is 0. The van der Waals surface area contributed by atoms with Crippen molar-refractivity contribution in [1.29, 1.82) is 0 Å². The first-order chi connectivity index (χ1) is 6.27. The number of thiophene rings is 1. The van der Waals surface area contributed by atoms with Crippen LogP contribution in [0.4, 0.5) is 0 Å². The van der Waals surface area contributed by atoms with Crippen molar-refractivity contribution in [3.63, 3.8) is 0 Å². The Kier molecular flexibility index (Phi) is 2.72. The van der Waals surface area contributed by atoms with Gasteiger partial charge in [0, 0.05) is 20.4 Å². The minimum atomic E-state index is 0.759. The Morgan fingerprint density at radius 2 is 1.92 bits per heavy atom. The molecule has 0 saturated carbocycles. The third kappa shape index (κ3) is 1.96. The fourth-order valence-corrected chi connectivity index (χ4v) is 2.55. The van der Waals surface area contributed by atoms with E-state index in [1.165, 1.54) is 0 Å². The zero-order valence-corrected chi connectivity index (χ0v) is 9.71. The number of rotatable bonds is 1. The van der Waals surface area contributed by atoms with Crippen molar-refractivity contribution in [2.75, 3.05) is 0 Å². The van der Waals surface area contributed by atoms with Crippen molar-refractivity contribution in [3.05, 3.63) is 44.5 Å². The Hall–Kier alpha value is -0.310. The predicted octanol–water partition coefficient (Wildman–Crippen LogP) is 4.63. The van der Waals surface area contributed by atoms with Gasteiger partial charge in [-0.3, -0.25) is 0 Å². The van der Waals surface area contributed by atoms with Crippen LogP contribution in [0.5, 0.6) is 0 Å². The van der Waals surface area contributed by atoms with Crippen LogP contribution >= 0.6 is 38.9 Å². The van der Waals surface area contributed by atoms with Crippen LogP contribution in [0.1, 0.15) is 0 Å². The molecule has 0 fully saturated rings. The van der Waals surface area contributed by atoms with Gasteiger partial charge in [-0.05, 0) is 33.6 Å². The molecular formula is C10H5BrClS. The van der Waals surface area contributed by atoms with Gasteiger partial charge in [0.25, 0.3) is 0 Å². The molecule has 3 heteroatoms. The quantitative estimate of drug-likeness (QED) is 0.710. The van der Waals surface area contributed by atoms with E-state index in [1.807, 2.05) is 29.6 Å². The highest BCUT2D eigenvalue weighted by Crippen LogP contribution is 2.31. The summed E-state index contributed by atoms with van der Waals surface area (Å²) >= 11 is 10.8. The lowest BCUT2D eigenvalue weighted by atomic mass is 10.1. The van der Waals surface area contributed by atoms with Crippen molar-refractivity contribution in [2.45, 2.75) is 0 Å². The lowest BCUT2D eigenvalue weighted by Crippen LogP contribution is -1.73. The Balaban J connectivity index is 2.47. The zero-order valence-electron chi connectivity index (χ0n) is 6.55. The van der Waals surface area contributed by atoms with Crippen molar-refractivity contribution >= 4 is 38.9 Å². The topological polar surface area (TPSA) is 0 Å². The van der Waals surface area contributed by atoms with Gasteiger partial charge in [0.1, 0.15) is 0 Å². The highest BCUT2D eigenvalue weighted by atomic mass is 79.9. The van der Waals surface area contributed by atoms with Crippen LogP contribution in [-0.2, 0) is 0 Å². The minimum absolute atomic E-state index is 0.759. The highest BCUT2D eigenvalue weighted by Gasteiger charge is 2.03. The molecular weight excluding hydrogens is 268 g/mol. The van der Waals surface area contributed by atoms with Crippen molar-refractivity contribution < 1.29 is 0 Å². The number of hydrogen-bond donors (Lipinski definition) is 0. The van der Waals surface area contributed by atoms with Gasteiger partial charge in [0.2, 0.25) is 0 Å². The lowest BCUT2D eigenvalue weighted by Gasteiger charge is -1.98. The van der Waals surface area contributed by atoms with Gasteiger partial charge in [-0.15, -0.1) is 11.3 Å². The predicted molar refractivity (Wildman–Crippen MR) is 61.3 cm³/mol. The third-order valence-electron chi connectivity index (χ3n) is 1.70. The SMILES string of the molecule is Clc1ccc(-c2[c]scc2Br)cc1. The monoisotopic (exact) mass is 271 g/mol. The van der Waals surface area contributed by atoms with E-state index in [-0.39, 0.29) is 0 Å². The summed E-state index contributed by atoms with van der Waals surface area (Å²) in [6, 6.07) is 7.75. The van der Waals surface area contributed by atoms with Gasteiger partial charge in [-0.25, -0.2) is 0 Å². The van der Waals surface area contributed by atoms with Crippen LogP contribution in [0.3, 0.4) is 0 Å². The van der Waals surface area contributed by atoms with Gasteiger partial charge in [0.15, 0.2) is 0 Å². The summed E-state index contributed by atoms with van der Waals surface area (Å²) in [4.78, 5) is 0. The van der Waals surface area contributed by atoms with E-state index in [0.29, 0.717) is 0 Å². The minimum Gasteiger partial charge on any atom is -0.141 e. The average Bonchev–Trinajstić information content (AvgIpc) is 2.53. The first kappa shape index (κ1) is 9.25. The summed E-state index contributed by atoms with van der Waals surface area (Å²) in [5, 5.41) is 5.97. The summed E-state index contributed by atoms with van der Waals surface area (Å²) in [5.74, 6) is 0. The van der Waals surface area contributed by atoms with Crippen LogP contribution in [0.25, 0.3) is 11.1 Å². The van der Waals surface area contributed by atoms with E-state index in [0.717, 1.165) is 20.6 Å². The van der Waals surface area contributed by atoms with E-state index in [1.54, 1.807) is 11.3 Å². The first-order valence-electron chi connectivity index (χ1n) is 3.68. The van der Waals surface area contributed by atoms with E-state index in [2.05, 4.69) is 21.3 Å². The van der Waals surface area contributed by atoms with Crippen LogP contribution in [0.15, 0.2) is 34.1 Å². The molecule has 0 aliphatic carbocycles. The third-order valence-corrected chi connectivity index (χ3v) is 3.55. The molecule has 13 heavy (non-hydrogen) atoms. The Bertz CT molecular complexity index is 405. The van der Waals surface area contributed by atoms with Crippen LogP contribution < -0.4 is 0 Å². The Labute approximate surface area is 94.3 Å². The molecule has 0 N–H and O–H groups in total. The fraction of sp³-hybridized carbons (Fsp3) is 0. The van der Waals surface area contributed by atoms with Gasteiger partial charge in [-0.1, -0.05) is 23.7 Å². The van der Waals surface area contributed by atoms with Crippen LogP contribution in [0.2, 0.25) is 5.02 Å². The second-order valence-corrected chi connectivity index (χ2v) is 4.53. The van der Waals surface area contributed by atoms with E-state index in [9.17, 15) is 0 Å². The molecule has 0 nitrogen and oxygen atoms in total.